The van der Waals surface area contributed by atoms with Gasteiger partial charge in [-0.2, -0.15) is 4.31 Å². The number of benzene rings is 1. The number of hydrogen-bond acceptors (Lipinski definition) is 4. The summed E-state index contributed by atoms with van der Waals surface area (Å²) in [5.41, 5.74) is 5.20. The number of methoxy groups -OCH3 is 1. The van der Waals surface area contributed by atoms with E-state index in [9.17, 15) is 13.2 Å². The molecule has 1 atom stereocenters. The fourth-order valence-corrected chi connectivity index (χ4v) is 4.56. The molecule has 0 spiro atoms. The van der Waals surface area contributed by atoms with Crippen molar-refractivity contribution in [3.8, 4) is 5.75 Å². The molecular weight excluding hydrogens is 328 g/mol. The summed E-state index contributed by atoms with van der Waals surface area (Å²) in [6.07, 6.45) is 1.72. The Labute approximate surface area is 135 Å². The van der Waals surface area contributed by atoms with E-state index in [0.29, 0.717) is 25.3 Å². The van der Waals surface area contributed by atoms with Crippen LogP contribution in [0.25, 0.3) is 0 Å². The van der Waals surface area contributed by atoms with Crippen LogP contribution in [-0.4, -0.2) is 38.8 Å². The molecule has 1 aromatic rings. The van der Waals surface area contributed by atoms with Gasteiger partial charge in [-0.15, -0.1) is 0 Å². The van der Waals surface area contributed by atoms with Crippen molar-refractivity contribution >= 4 is 27.5 Å². The zero-order valence-electron chi connectivity index (χ0n) is 12.3. The Kier molecular flexibility index (Phi) is 5.31. The first kappa shape index (κ1) is 17.1. The molecule has 1 heterocycles. The van der Waals surface area contributed by atoms with Gasteiger partial charge in [0.25, 0.3) is 0 Å². The Morgan fingerprint density at radius 2 is 2.23 bits per heavy atom. The number of rotatable bonds is 5. The quantitative estimate of drug-likeness (QED) is 0.877. The molecule has 0 aromatic heterocycles. The first-order valence-corrected chi connectivity index (χ1v) is 8.78. The monoisotopic (exact) mass is 346 g/mol. The smallest absolute Gasteiger partial charge is 0.243 e. The summed E-state index contributed by atoms with van der Waals surface area (Å²) in [5, 5.41) is 0.245. The van der Waals surface area contributed by atoms with Crippen molar-refractivity contribution < 1.29 is 17.9 Å². The van der Waals surface area contributed by atoms with Crippen LogP contribution in [0, 0.1) is 5.92 Å². The van der Waals surface area contributed by atoms with E-state index in [1.165, 1.54) is 29.6 Å². The average molecular weight is 347 g/mol. The van der Waals surface area contributed by atoms with Gasteiger partial charge >= 0.3 is 0 Å². The molecule has 2 N–H and O–H groups in total. The fourth-order valence-electron chi connectivity index (χ4n) is 2.65. The zero-order chi connectivity index (χ0) is 16.3. The summed E-state index contributed by atoms with van der Waals surface area (Å²) >= 11 is 6.00. The first-order valence-electron chi connectivity index (χ1n) is 6.96. The number of ether oxygens (including phenoxy) is 1. The van der Waals surface area contributed by atoms with Gasteiger partial charge in [-0.3, -0.25) is 4.79 Å². The van der Waals surface area contributed by atoms with Crippen molar-refractivity contribution in [1.82, 2.24) is 4.31 Å². The highest BCUT2D eigenvalue weighted by atomic mass is 35.5. The lowest BCUT2D eigenvalue weighted by Gasteiger charge is -2.31. The van der Waals surface area contributed by atoms with Gasteiger partial charge in [0.15, 0.2) is 0 Å². The van der Waals surface area contributed by atoms with E-state index in [4.69, 9.17) is 22.1 Å². The SMILES string of the molecule is COc1ccc(S(=O)(=O)N2CCC[C@H](CC(N)=O)C2)cc1Cl. The molecule has 1 amide bonds. The lowest BCUT2D eigenvalue weighted by molar-refractivity contribution is -0.119. The molecule has 8 heteroatoms. The van der Waals surface area contributed by atoms with E-state index in [-0.39, 0.29) is 22.3 Å². The average Bonchev–Trinajstić information content (AvgIpc) is 2.46. The standard InChI is InChI=1S/C14H19ClN2O4S/c1-21-13-5-4-11(8-12(13)15)22(19,20)17-6-2-3-10(9-17)7-14(16)18/h4-5,8,10H,2-3,6-7,9H2,1H3,(H2,16,18)/t10-/m1/s1. The molecule has 0 bridgehead atoms. The summed E-state index contributed by atoms with van der Waals surface area (Å²) in [6, 6.07) is 4.38. The predicted octanol–water partition coefficient (Wildman–Crippen LogP) is 1.62. The Morgan fingerprint density at radius 3 is 2.82 bits per heavy atom. The second-order valence-corrected chi connectivity index (χ2v) is 7.68. The molecule has 0 aliphatic carbocycles. The van der Waals surface area contributed by atoms with Crippen molar-refractivity contribution in [3.63, 3.8) is 0 Å². The number of nitrogens with two attached hydrogens (primary N) is 1. The molecule has 1 aromatic carbocycles. The van der Waals surface area contributed by atoms with Crippen LogP contribution in [0.15, 0.2) is 23.1 Å². The molecule has 1 fully saturated rings. The first-order chi connectivity index (χ1) is 10.3. The highest BCUT2D eigenvalue weighted by molar-refractivity contribution is 7.89. The Balaban J connectivity index is 2.22. The fraction of sp³-hybridized carbons (Fsp3) is 0.500. The number of amides is 1. The lowest BCUT2D eigenvalue weighted by atomic mass is 9.96. The van der Waals surface area contributed by atoms with Crippen LogP contribution in [0.3, 0.4) is 0 Å². The van der Waals surface area contributed by atoms with Crippen molar-refractivity contribution in [2.75, 3.05) is 20.2 Å². The van der Waals surface area contributed by atoms with Gasteiger partial charge < -0.3 is 10.5 Å². The molecule has 2 rings (SSSR count). The molecule has 122 valence electrons. The van der Waals surface area contributed by atoms with E-state index in [0.717, 1.165) is 6.42 Å². The van der Waals surface area contributed by atoms with Crippen molar-refractivity contribution in [2.24, 2.45) is 11.7 Å². The van der Waals surface area contributed by atoms with E-state index in [1.807, 2.05) is 0 Å². The number of nitrogens with zero attached hydrogens (tertiary/aromatic N) is 1. The van der Waals surface area contributed by atoms with Crippen LogP contribution < -0.4 is 10.5 Å². The van der Waals surface area contributed by atoms with Gasteiger partial charge in [0.1, 0.15) is 5.75 Å². The maximum absolute atomic E-state index is 12.7. The molecule has 1 saturated heterocycles. The zero-order valence-corrected chi connectivity index (χ0v) is 13.9. The minimum atomic E-state index is -3.64. The molecule has 22 heavy (non-hydrogen) atoms. The van der Waals surface area contributed by atoms with E-state index >= 15 is 0 Å². The molecule has 1 aliphatic rings. The Bertz CT molecular complexity index is 663. The summed E-state index contributed by atoms with van der Waals surface area (Å²) < 4.78 is 31.8. The number of carbonyl (C=O) groups is 1. The maximum Gasteiger partial charge on any atom is 0.243 e. The minimum absolute atomic E-state index is 0.0326. The summed E-state index contributed by atoms with van der Waals surface area (Å²) in [7, 11) is -2.17. The van der Waals surface area contributed by atoms with Gasteiger partial charge in [-0.25, -0.2) is 8.42 Å². The number of hydrogen-bond donors (Lipinski definition) is 1. The van der Waals surface area contributed by atoms with Crippen LogP contribution in [-0.2, 0) is 14.8 Å². The lowest BCUT2D eigenvalue weighted by Crippen LogP contribution is -2.40. The van der Waals surface area contributed by atoms with E-state index in [2.05, 4.69) is 0 Å². The Morgan fingerprint density at radius 1 is 1.50 bits per heavy atom. The number of halogens is 1. The van der Waals surface area contributed by atoms with Crippen LogP contribution in [0.4, 0.5) is 0 Å². The van der Waals surface area contributed by atoms with Crippen LogP contribution >= 0.6 is 11.6 Å². The number of sulfonamides is 1. The third-order valence-corrected chi connectivity index (χ3v) is 5.89. The van der Waals surface area contributed by atoms with Crippen molar-refractivity contribution in [3.05, 3.63) is 23.2 Å². The number of carbonyl (C=O) groups excluding carboxylic acids is 1. The second kappa shape index (κ2) is 6.85. The minimum Gasteiger partial charge on any atom is -0.495 e. The van der Waals surface area contributed by atoms with Gasteiger partial charge in [-0.1, -0.05) is 11.6 Å². The molecule has 0 radical (unpaired) electrons. The van der Waals surface area contributed by atoms with Gasteiger partial charge in [0.2, 0.25) is 15.9 Å². The highest BCUT2D eigenvalue weighted by Gasteiger charge is 2.31. The Hall–Kier alpha value is -1.31. The predicted molar refractivity (Wildman–Crippen MR) is 83.3 cm³/mol. The highest BCUT2D eigenvalue weighted by Crippen LogP contribution is 2.30. The number of primary amides is 1. The van der Waals surface area contributed by atoms with Crippen LogP contribution in [0.2, 0.25) is 5.02 Å². The topological polar surface area (TPSA) is 89.7 Å². The van der Waals surface area contributed by atoms with Crippen LogP contribution in [0.5, 0.6) is 5.75 Å². The second-order valence-electron chi connectivity index (χ2n) is 5.34. The van der Waals surface area contributed by atoms with Crippen molar-refractivity contribution in [1.29, 1.82) is 0 Å². The third kappa shape index (κ3) is 3.71. The van der Waals surface area contributed by atoms with Crippen molar-refractivity contribution in [2.45, 2.75) is 24.2 Å². The van der Waals surface area contributed by atoms with E-state index < -0.39 is 15.9 Å². The van der Waals surface area contributed by atoms with Gasteiger partial charge in [0, 0.05) is 19.5 Å². The number of piperidine rings is 1. The largest absolute Gasteiger partial charge is 0.495 e. The summed E-state index contributed by atoms with van der Waals surface area (Å²) in [6.45, 7) is 0.732. The molecule has 0 saturated carbocycles. The molecule has 1 aliphatic heterocycles. The summed E-state index contributed by atoms with van der Waals surface area (Å²) in [5.74, 6) is -0.0163. The van der Waals surface area contributed by atoms with E-state index in [1.54, 1.807) is 0 Å². The molecule has 6 nitrogen and oxygen atoms in total. The van der Waals surface area contributed by atoms with Gasteiger partial charge in [0.05, 0.1) is 17.0 Å². The normalized spacial score (nSPS) is 19.8. The maximum atomic E-state index is 12.7. The van der Waals surface area contributed by atoms with Gasteiger partial charge in [-0.05, 0) is 37.0 Å². The molecule has 0 unspecified atom stereocenters. The molecular formula is C14H19ClN2O4S. The third-order valence-electron chi connectivity index (χ3n) is 3.73. The summed E-state index contributed by atoms with van der Waals surface area (Å²) in [4.78, 5) is 11.2. The van der Waals surface area contributed by atoms with Crippen LogP contribution in [0.1, 0.15) is 19.3 Å².